The van der Waals surface area contributed by atoms with Crippen LogP contribution in [0.2, 0.25) is 5.02 Å². The van der Waals surface area contributed by atoms with E-state index < -0.39 is 0 Å². The van der Waals surface area contributed by atoms with Gasteiger partial charge in [-0.25, -0.2) is 4.68 Å². The van der Waals surface area contributed by atoms with E-state index in [-0.39, 0.29) is 0 Å². The standard InChI is InChI=1S/C17H18ClN5O/c1-22(11-17-19-20-21-23(17)14-6-7-14)10-15-8-9-16(24-15)12-2-4-13(18)5-3-12/h2-5,8-9,14H,6-7,10-11H2,1H3. The number of furan rings is 1. The van der Waals surface area contributed by atoms with Crippen LogP contribution in [0.4, 0.5) is 0 Å². The highest BCUT2D eigenvalue weighted by Gasteiger charge is 2.28. The van der Waals surface area contributed by atoms with Crippen molar-refractivity contribution in [2.24, 2.45) is 0 Å². The van der Waals surface area contributed by atoms with Gasteiger partial charge in [-0.3, -0.25) is 4.90 Å². The smallest absolute Gasteiger partial charge is 0.165 e. The molecular weight excluding hydrogens is 326 g/mol. The lowest BCUT2D eigenvalue weighted by Gasteiger charge is -2.14. The van der Waals surface area contributed by atoms with Gasteiger partial charge in [0.15, 0.2) is 5.82 Å². The van der Waals surface area contributed by atoms with E-state index in [1.807, 2.05) is 48.1 Å². The van der Waals surface area contributed by atoms with Crippen LogP contribution in [0.1, 0.15) is 30.5 Å². The van der Waals surface area contributed by atoms with E-state index in [4.69, 9.17) is 16.0 Å². The van der Waals surface area contributed by atoms with Crippen molar-refractivity contribution in [3.63, 3.8) is 0 Å². The van der Waals surface area contributed by atoms with Gasteiger partial charge in [0.25, 0.3) is 0 Å². The first-order chi connectivity index (χ1) is 11.7. The first kappa shape index (κ1) is 15.4. The number of rotatable bonds is 6. The normalized spacial score (nSPS) is 14.5. The van der Waals surface area contributed by atoms with E-state index in [2.05, 4.69) is 20.4 Å². The predicted molar refractivity (Wildman–Crippen MR) is 90.4 cm³/mol. The molecule has 0 N–H and O–H groups in total. The summed E-state index contributed by atoms with van der Waals surface area (Å²) in [6, 6.07) is 12.1. The molecule has 0 unspecified atom stereocenters. The zero-order chi connectivity index (χ0) is 16.5. The summed E-state index contributed by atoms with van der Waals surface area (Å²) in [7, 11) is 2.04. The highest BCUT2D eigenvalue weighted by molar-refractivity contribution is 6.30. The summed E-state index contributed by atoms with van der Waals surface area (Å²) in [5, 5.41) is 12.7. The molecular formula is C17H18ClN5O. The Kier molecular flexibility index (Phi) is 4.08. The number of tetrazole rings is 1. The van der Waals surface area contributed by atoms with Gasteiger partial charge in [0.1, 0.15) is 11.5 Å². The average Bonchev–Trinajstić information content (AvgIpc) is 3.13. The molecule has 0 aliphatic heterocycles. The molecule has 1 fully saturated rings. The first-order valence-electron chi connectivity index (χ1n) is 7.99. The van der Waals surface area contributed by atoms with Crippen LogP contribution < -0.4 is 0 Å². The molecule has 4 rings (SSSR count). The Bertz CT molecular complexity index is 822. The van der Waals surface area contributed by atoms with Crippen molar-refractivity contribution in [1.29, 1.82) is 0 Å². The minimum atomic E-state index is 0.489. The van der Waals surface area contributed by atoms with E-state index in [1.165, 1.54) is 12.8 Å². The van der Waals surface area contributed by atoms with Crippen LogP contribution in [0.5, 0.6) is 0 Å². The SMILES string of the molecule is CN(Cc1ccc(-c2ccc(Cl)cc2)o1)Cc1nnnn1C1CC1. The highest BCUT2D eigenvalue weighted by atomic mass is 35.5. The Labute approximate surface area is 145 Å². The van der Waals surface area contributed by atoms with Crippen molar-refractivity contribution in [1.82, 2.24) is 25.1 Å². The molecule has 1 aromatic carbocycles. The van der Waals surface area contributed by atoms with Crippen LogP contribution >= 0.6 is 11.6 Å². The summed E-state index contributed by atoms with van der Waals surface area (Å²) >= 11 is 5.92. The molecule has 2 aromatic heterocycles. The monoisotopic (exact) mass is 343 g/mol. The maximum Gasteiger partial charge on any atom is 0.165 e. The Morgan fingerprint density at radius 1 is 1.17 bits per heavy atom. The van der Waals surface area contributed by atoms with E-state index >= 15 is 0 Å². The van der Waals surface area contributed by atoms with Crippen LogP contribution in [0.15, 0.2) is 40.8 Å². The Balaban J connectivity index is 1.41. The van der Waals surface area contributed by atoms with Gasteiger partial charge in [-0.05, 0) is 66.7 Å². The van der Waals surface area contributed by atoms with Crippen LogP contribution in [0, 0.1) is 0 Å². The third kappa shape index (κ3) is 3.34. The van der Waals surface area contributed by atoms with Crippen molar-refractivity contribution < 1.29 is 4.42 Å². The number of halogens is 1. The van der Waals surface area contributed by atoms with Gasteiger partial charge in [-0.15, -0.1) is 5.10 Å². The maximum atomic E-state index is 5.95. The molecule has 0 radical (unpaired) electrons. The second-order valence-electron chi connectivity index (χ2n) is 6.22. The summed E-state index contributed by atoms with van der Waals surface area (Å²) in [5.41, 5.74) is 1.02. The summed E-state index contributed by atoms with van der Waals surface area (Å²) < 4.78 is 7.89. The lowest BCUT2D eigenvalue weighted by atomic mass is 10.2. The Hall–Kier alpha value is -2.18. The quantitative estimate of drug-likeness (QED) is 0.685. The van der Waals surface area contributed by atoms with E-state index in [0.29, 0.717) is 19.1 Å². The van der Waals surface area contributed by atoms with Gasteiger partial charge in [-0.1, -0.05) is 11.6 Å². The first-order valence-corrected chi connectivity index (χ1v) is 8.37. The van der Waals surface area contributed by atoms with Crippen molar-refractivity contribution in [2.75, 3.05) is 7.05 Å². The third-order valence-electron chi connectivity index (χ3n) is 4.08. The lowest BCUT2D eigenvalue weighted by Crippen LogP contribution is -2.20. The van der Waals surface area contributed by atoms with Gasteiger partial charge in [-0.2, -0.15) is 0 Å². The van der Waals surface area contributed by atoms with Crippen LogP contribution in [0.3, 0.4) is 0 Å². The topological polar surface area (TPSA) is 60.0 Å². The molecule has 0 bridgehead atoms. The predicted octanol–water partition coefficient (Wildman–Crippen LogP) is 3.55. The van der Waals surface area contributed by atoms with Crippen LogP contribution in [-0.4, -0.2) is 32.2 Å². The fourth-order valence-electron chi connectivity index (χ4n) is 2.71. The van der Waals surface area contributed by atoms with E-state index in [1.54, 1.807) is 0 Å². The molecule has 0 spiro atoms. The number of hydrogen-bond donors (Lipinski definition) is 0. The van der Waals surface area contributed by atoms with Crippen molar-refractivity contribution >= 4 is 11.6 Å². The summed E-state index contributed by atoms with van der Waals surface area (Å²) in [6.07, 6.45) is 2.34. The molecule has 1 saturated carbocycles. The van der Waals surface area contributed by atoms with Gasteiger partial charge < -0.3 is 4.42 Å². The average molecular weight is 344 g/mol. The largest absolute Gasteiger partial charge is 0.460 e. The summed E-state index contributed by atoms with van der Waals surface area (Å²) in [6.45, 7) is 1.39. The zero-order valence-electron chi connectivity index (χ0n) is 13.4. The highest BCUT2D eigenvalue weighted by Crippen LogP contribution is 2.34. The molecule has 3 aromatic rings. The molecule has 6 nitrogen and oxygen atoms in total. The van der Waals surface area contributed by atoms with Gasteiger partial charge in [0.05, 0.1) is 19.1 Å². The maximum absolute atomic E-state index is 5.95. The van der Waals surface area contributed by atoms with E-state index in [9.17, 15) is 0 Å². The minimum absolute atomic E-state index is 0.489. The number of hydrogen-bond acceptors (Lipinski definition) is 5. The molecule has 1 aliphatic carbocycles. The van der Waals surface area contributed by atoms with Crippen LogP contribution in [0.25, 0.3) is 11.3 Å². The molecule has 0 atom stereocenters. The molecule has 7 heteroatoms. The van der Waals surface area contributed by atoms with Gasteiger partial charge in [0, 0.05) is 10.6 Å². The fourth-order valence-corrected chi connectivity index (χ4v) is 2.84. The molecule has 24 heavy (non-hydrogen) atoms. The van der Waals surface area contributed by atoms with Crippen molar-refractivity contribution in [2.45, 2.75) is 32.0 Å². The lowest BCUT2D eigenvalue weighted by molar-refractivity contribution is 0.276. The molecule has 1 aliphatic rings. The Morgan fingerprint density at radius 3 is 2.71 bits per heavy atom. The minimum Gasteiger partial charge on any atom is -0.460 e. The summed E-state index contributed by atoms with van der Waals surface area (Å²) in [5.74, 6) is 2.66. The van der Waals surface area contributed by atoms with Crippen molar-refractivity contribution in [3.8, 4) is 11.3 Å². The summed E-state index contributed by atoms with van der Waals surface area (Å²) in [4.78, 5) is 2.15. The van der Waals surface area contributed by atoms with E-state index in [0.717, 1.165) is 27.9 Å². The molecule has 0 saturated heterocycles. The number of nitrogens with zero attached hydrogens (tertiary/aromatic N) is 5. The van der Waals surface area contributed by atoms with Gasteiger partial charge >= 0.3 is 0 Å². The third-order valence-corrected chi connectivity index (χ3v) is 4.33. The van der Waals surface area contributed by atoms with Crippen LogP contribution in [-0.2, 0) is 13.1 Å². The Morgan fingerprint density at radius 2 is 1.96 bits per heavy atom. The van der Waals surface area contributed by atoms with Crippen molar-refractivity contribution in [3.05, 3.63) is 53.0 Å². The number of aromatic nitrogens is 4. The number of benzene rings is 1. The second kappa shape index (κ2) is 6.37. The zero-order valence-corrected chi connectivity index (χ0v) is 14.1. The van der Waals surface area contributed by atoms with Gasteiger partial charge in [0.2, 0.25) is 0 Å². The molecule has 2 heterocycles. The fraction of sp³-hybridized carbons (Fsp3) is 0.353. The molecule has 124 valence electrons. The molecule has 0 amide bonds. The second-order valence-corrected chi connectivity index (χ2v) is 6.65.